The monoisotopic (exact) mass is 333 g/mol. The Morgan fingerprint density at radius 3 is 2.72 bits per heavy atom. The number of nitrogens with one attached hydrogen (secondary N) is 1. The normalized spacial score (nSPS) is 18.7. The first-order valence-corrected chi connectivity index (χ1v) is 7.59. The third-order valence-corrected chi connectivity index (χ3v) is 4.89. The Morgan fingerprint density at radius 1 is 1.50 bits per heavy atom. The molecule has 0 saturated heterocycles. The predicted octanol–water partition coefficient (Wildman–Crippen LogP) is 4.94. The van der Waals surface area contributed by atoms with Crippen molar-refractivity contribution in [3.8, 4) is 0 Å². The molecule has 2 rings (SSSR count). The second kappa shape index (κ2) is 5.89. The van der Waals surface area contributed by atoms with Crippen molar-refractivity contribution >= 4 is 27.5 Å². The van der Waals surface area contributed by atoms with Crippen molar-refractivity contribution in [3.63, 3.8) is 0 Å². The minimum absolute atomic E-state index is 0.0492. The van der Waals surface area contributed by atoms with E-state index in [1.165, 1.54) is 18.9 Å². The van der Waals surface area contributed by atoms with Gasteiger partial charge in [-0.25, -0.2) is 4.39 Å². The zero-order chi connectivity index (χ0) is 13.3. The van der Waals surface area contributed by atoms with Gasteiger partial charge in [-0.05, 0) is 59.3 Å². The first-order valence-electron chi connectivity index (χ1n) is 6.42. The average molecular weight is 335 g/mol. The molecular weight excluding hydrogens is 317 g/mol. The van der Waals surface area contributed by atoms with Gasteiger partial charge in [-0.15, -0.1) is 0 Å². The van der Waals surface area contributed by atoms with Gasteiger partial charge in [0, 0.05) is 16.1 Å². The molecule has 1 N–H and O–H groups in total. The highest BCUT2D eigenvalue weighted by Crippen LogP contribution is 2.43. The first-order chi connectivity index (χ1) is 8.54. The molecule has 1 aliphatic carbocycles. The predicted molar refractivity (Wildman–Crippen MR) is 77.4 cm³/mol. The summed E-state index contributed by atoms with van der Waals surface area (Å²) in [7, 11) is 0. The van der Waals surface area contributed by atoms with Crippen LogP contribution < -0.4 is 5.32 Å². The molecule has 4 heteroatoms. The smallest absolute Gasteiger partial charge is 0.129 e. The van der Waals surface area contributed by atoms with Crippen LogP contribution in [0.25, 0.3) is 0 Å². The number of hydrogen-bond donors (Lipinski definition) is 1. The van der Waals surface area contributed by atoms with Gasteiger partial charge in [-0.1, -0.05) is 25.4 Å². The van der Waals surface area contributed by atoms with Crippen LogP contribution in [0.15, 0.2) is 16.6 Å². The van der Waals surface area contributed by atoms with E-state index in [9.17, 15) is 4.39 Å². The number of rotatable bonds is 5. The van der Waals surface area contributed by atoms with Crippen LogP contribution in [-0.4, -0.2) is 6.54 Å². The molecular formula is C14H18BrClFN. The Bertz CT molecular complexity index is 434. The Morgan fingerprint density at radius 2 is 2.17 bits per heavy atom. The van der Waals surface area contributed by atoms with E-state index in [1.807, 2.05) is 6.92 Å². The molecule has 0 heterocycles. The lowest BCUT2D eigenvalue weighted by Gasteiger charge is -2.26. The molecule has 1 saturated carbocycles. The Hall–Kier alpha value is -0.120. The van der Waals surface area contributed by atoms with Crippen molar-refractivity contribution in [1.82, 2.24) is 5.32 Å². The van der Waals surface area contributed by atoms with Crippen molar-refractivity contribution in [2.24, 2.45) is 11.8 Å². The number of hydrogen-bond acceptors (Lipinski definition) is 1. The summed E-state index contributed by atoms with van der Waals surface area (Å²) in [4.78, 5) is 0. The van der Waals surface area contributed by atoms with Gasteiger partial charge in [0.05, 0.1) is 5.02 Å². The highest BCUT2D eigenvalue weighted by Gasteiger charge is 2.34. The quantitative estimate of drug-likeness (QED) is 0.752. The van der Waals surface area contributed by atoms with Gasteiger partial charge >= 0.3 is 0 Å². The third kappa shape index (κ3) is 3.06. The summed E-state index contributed by atoms with van der Waals surface area (Å²) in [5, 5.41) is 3.96. The maximum absolute atomic E-state index is 14.1. The lowest BCUT2D eigenvalue weighted by Crippen LogP contribution is -2.28. The summed E-state index contributed by atoms with van der Waals surface area (Å²) in [6.45, 7) is 5.07. The van der Waals surface area contributed by atoms with E-state index in [4.69, 9.17) is 11.6 Å². The fraction of sp³-hybridized carbons (Fsp3) is 0.571. The van der Waals surface area contributed by atoms with Gasteiger partial charge in [0.15, 0.2) is 0 Å². The SMILES string of the molecule is CCNC(c1cc(Cl)c(Br)cc1F)C(C)C1CC1. The number of halogens is 3. The minimum Gasteiger partial charge on any atom is -0.310 e. The van der Waals surface area contributed by atoms with Gasteiger partial charge in [0.25, 0.3) is 0 Å². The molecule has 0 bridgehead atoms. The van der Waals surface area contributed by atoms with Crippen molar-refractivity contribution in [2.75, 3.05) is 6.54 Å². The molecule has 0 amide bonds. The fourth-order valence-electron chi connectivity index (χ4n) is 2.47. The van der Waals surface area contributed by atoms with Crippen LogP contribution in [0, 0.1) is 17.7 Å². The summed E-state index contributed by atoms with van der Waals surface area (Å²) in [5.41, 5.74) is 0.685. The highest BCUT2D eigenvalue weighted by atomic mass is 79.9. The van der Waals surface area contributed by atoms with Gasteiger partial charge in [0.1, 0.15) is 5.82 Å². The van der Waals surface area contributed by atoms with Crippen LogP contribution in [0.5, 0.6) is 0 Å². The Labute approximate surface area is 121 Å². The van der Waals surface area contributed by atoms with Gasteiger partial charge in [-0.3, -0.25) is 0 Å². The standard InChI is InChI=1S/C14H18BrClFN/c1-3-18-14(8(2)9-4-5-9)10-6-12(16)11(15)7-13(10)17/h6-9,14,18H,3-5H2,1-2H3. The van der Waals surface area contributed by atoms with E-state index in [0.29, 0.717) is 21.0 Å². The Kier molecular flexibility index (Phi) is 4.68. The summed E-state index contributed by atoms with van der Waals surface area (Å²) in [6.07, 6.45) is 2.52. The summed E-state index contributed by atoms with van der Waals surface area (Å²) in [6, 6.07) is 3.25. The maximum atomic E-state index is 14.1. The first kappa shape index (κ1) is 14.3. The lowest BCUT2D eigenvalue weighted by atomic mass is 9.90. The summed E-state index contributed by atoms with van der Waals surface area (Å²) in [5.74, 6) is 0.970. The molecule has 0 aliphatic heterocycles. The second-order valence-electron chi connectivity index (χ2n) is 5.02. The molecule has 1 aromatic rings. The molecule has 0 aromatic heterocycles. The van der Waals surface area contributed by atoms with Crippen LogP contribution in [0.2, 0.25) is 5.02 Å². The van der Waals surface area contributed by atoms with Crippen molar-refractivity contribution < 1.29 is 4.39 Å². The topological polar surface area (TPSA) is 12.0 Å². The largest absolute Gasteiger partial charge is 0.310 e. The van der Waals surface area contributed by atoms with E-state index in [-0.39, 0.29) is 11.9 Å². The summed E-state index contributed by atoms with van der Waals surface area (Å²) < 4.78 is 14.7. The number of benzene rings is 1. The van der Waals surface area contributed by atoms with Crippen molar-refractivity contribution in [2.45, 2.75) is 32.7 Å². The Balaban J connectivity index is 2.32. The molecule has 1 aromatic carbocycles. The molecule has 100 valence electrons. The average Bonchev–Trinajstić information content (AvgIpc) is 3.14. The molecule has 1 nitrogen and oxygen atoms in total. The third-order valence-electron chi connectivity index (χ3n) is 3.69. The van der Waals surface area contributed by atoms with E-state index in [2.05, 4.69) is 28.2 Å². The van der Waals surface area contributed by atoms with Gasteiger partial charge < -0.3 is 5.32 Å². The summed E-state index contributed by atoms with van der Waals surface area (Å²) >= 11 is 9.34. The molecule has 2 atom stereocenters. The van der Waals surface area contributed by atoms with E-state index >= 15 is 0 Å². The van der Waals surface area contributed by atoms with Crippen molar-refractivity contribution in [1.29, 1.82) is 0 Å². The highest BCUT2D eigenvalue weighted by molar-refractivity contribution is 9.10. The van der Waals surface area contributed by atoms with Crippen LogP contribution in [0.4, 0.5) is 4.39 Å². The van der Waals surface area contributed by atoms with Crippen molar-refractivity contribution in [3.05, 3.63) is 33.0 Å². The van der Waals surface area contributed by atoms with Crippen LogP contribution in [-0.2, 0) is 0 Å². The maximum Gasteiger partial charge on any atom is 0.129 e. The minimum atomic E-state index is -0.190. The van der Waals surface area contributed by atoms with E-state index < -0.39 is 0 Å². The van der Waals surface area contributed by atoms with Crippen LogP contribution in [0.3, 0.4) is 0 Å². The molecule has 1 fully saturated rings. The zero-order valence-corrected chi connectivity index (χ0v) is 13.0. The molecule has 2 unspecified atom stereocenters. The molecule has 18 heavy (non-hydrogen) atoms. The molecule has 0 radical (unpaired) electrons. The van der Waals surface area contributed by atoms with Crippen LogP contribution in [0.1, 0.15) is 38.3 Å². The lowest BCUT2D eigenvalue weighted by molar-refractivity contribution is 0.345. The van der Waals surface area contributed by atoms with Crippen LogP contribution >= 0.6 is 27.5 Å². The van der Waals surface area contributed by atoms with Gasteiger partial charge in [-0.2, -0.15) is 0 Å². The van der Waals surface area contributed by atoms with E-state index in [1.54, 1.807) is 6.07 Å². The van der Waals surface area contributed by atoms with E-state index in [0.717, 1.165) is 12.5 Å². The molecule has 1 aliphatic rings. The second-order valence-corrected chi connectivity index (χ2v) is 6.28. The zero-order valence-electron chi connectivity index (χ0n) is 10.6. The fourth-order valence-corrected chi connectivity index (χ4v) is 2.96. The van der Waals surface area contributed by atoms with Gasteiger partial charge in [0.2, 0.25) is 0 Å². The molecule has 0 spiro atoms.